The summed E-state index contributed by atoms with van der Waals surface area (Å²) in [6.45, 7) is 5.73. The monoisotopic (exact) mass is 294 g/mol. The number of amides is 1. The molecule has 4 heteroatoms. The first-order chi connectivity index (χ1) is 9.92. The molecular weight excluding hydrogens is 264 g/mol. The van der Waals surface area contributed by atoms with Gasteiger partial charge in [-0.15, -0.1) is 0 Å². The van der Waals surface area contributed by atoms with Crippen molar-refractivity contribution in [3.8, 4) is 0 Å². The van der Waals surface area contributed by atoms with Crippen molar-refractivity contribution in [1.29, 1.82) is 0 Å². The third-order valence-corrected chi connectivity index (χ3v) is 4.88. The minimum absolute atomic E-state index is 0.236. The van der Waals surface area contributed by atoms with Crippen molar-refractivity contribution >= 4 is 6.09 Å². The van der Waals surface area contributed by atoms with Gasteiger partial charge in [0.2, 0.25) is 0 Å². The van der Waals surface area contributed by atoms with Gasteiger partial charge in [-0.05, 0) is 77.6 Å². The van der Waals surface area contributed by atoms with E-state index < -0.39 is 5.60 Å². The van der Waals surface area contributed by atoms with Gasteiger partial charge in [0, 0.05) is 18.1 Å². The first-order valence-corrected chi connectivity index (χ1v) is 8.68. The Bertz CT molecular complexity index is 371. The van der Waals surface area contributed by atoms with Crippen molar-refractivity contribution in [2.24, 2.45) is 11.8 Å². The first kappa shape index (κ1) is 15.1. The molecule has 2 atom stereocenters. The lowest BCUT2D eigenvalue weighted by atomic mass is 10.0. The lowest BCUT2D eigenvalue weighted by Crippen LogP contribution is -2.51. The fourth-order valence-electron chi connectivity index (χ4n) is 3.61. The summed E-state index contributed by atoms with van der Waals surface area (Å²) in [5.74, 6) is 1.81. The summed E-state index contributed by atoms with van der Waals surface area (Å²) < 4.78 is 5.39. The third kappa shape index (κ3) is 4.35. The molecule has 3 rings (SSSR count). The van der Waals surface area contributed by atoms with Crippen LogP contribution in [0.25, 0.3) is 0 Å². The predicted molar refractivity (Wildman–Crippen MR) is 83.2 cm³/mol. The summed E-state index contributed by atoms with van der Waals surface area (Å²) in [4.78, 5) is 12.0. The maximum absolute atomic E-state index is 12.0. The van der Waals surface area contributed by atoms with E-state index in [9.17, 15) is 4.79 Å². The van der Waals surface area contributed by atoms with Crippen LogP contribution in [0.4, 0.5) is 4.79 Å². The van der Waals surface area contributed by atoms with Crippen LogP contribution < -0.4 is 10.6 Å². The van der Waals surface area contributed by atoms with E-state index in [0.29, 0.717) is 12.1 Å². The molecule has 0 aromatic heterocycles. The predicted octanol–water partition coefficient (Wildman–Crippen LogP) is 3.21. The summed E-state index contributed by atoms with van der Waals surface area (Å²) in [5.41, 5.74) is -0.420. The van der Waals surface area contributed by atoms with Crippen LogP contribution in [0.1, 0.15) is 65.7 Å². The summed E-state index contributed by atoms with van der Waals surface area (Å²) >= 11 is 0. The third-order valence-electron chi connectivity index (χ3n) is 4.88. The Morgan fingerprint density at radius 3 is 2.10 bits per heavy atom. The normalized spacial score (nSPS) is 29.7. The summed E-state index contributed by atoms with van der Waals surface area (Å²) in [6, 6.07) is 1.37. The standard InChI is InChI=1S/C17H30N2O2/c1-17(2,3)21-16(20)19-14-6-4-5-13(14)18-15(11-7-8-11)12-9-10-12/h11-15,18H,4-10H2,1-3H3,(H,19,20). The van der Waals surface area contributed by atoms with Crippen molar-refractivity contribution in [1.82, 2.24) is 10.6 Å². The maximum Gasteiger partial charge on any atom is 0.407 e. The zero-order valence-electron chi connectivity index (χ0n) is 13.7. The second kappa shape index (κ2) is 5.79. The molecule has 3 saturated carbocycles. The second-order valence-electron chi connectivity index (χ2n) is 8.16. The molecule has 3 aliphatic rings. The lowest BCUT2D eigenvalue weighted by molar-refractivity contribution is 0.0496. The molecule has 1 amide bonds. The average Bonchev–Trinajstić information content (AvgIpc) is 3.25. The van der Waals surface area contributed by atoms with E-state index in [-0.39, 0.29) is 12.1 Å². The van der Waals surface area contributed by atoms with E-state index in [1.807, 2.05) is 20.8 Å². The molecule has 21 heavy (non-hydrogen) atoms. The fourth-order valence-corrected chi connectivity index (χ4v) is 3.61. The van der Waals surface area contributed by atoms with Gasteiger partial charge in [0.25, 0.3) is 0 Å². The number of rotatable bonds is 5. The van der Waals surface area contributed by atoms with Crippen LogP contribution in [0.2, 0.25) is 0 Å². The van der Waals surface area contributed by atoms with E-state index in [2.05, 4.69) is 10.6 Å². The Kier molecular flexibility index (Phi) is 4.17. The van der Waals surface area contributed by atoms with Gasteiger partial charge in [0.1, 0.15) is 5.60 Å². The second-order valence-corrected chi connectivity index (χ2v) is 8.16. The van der Waals surface area contributed by atoms with Crippen molar-refractivity contribution in [3.05, 3.63) is 0 Å². The number of carbonyl (C=O) groups is 1. The van der Waals surface area contributed by atoms with Gasteiger partial charge in [0.05, 0.1) is 0 Å². The van der Waals surface area contributed by atoms with Crippen LogP contribution >= 0.6 is 0 Å². The van der Waals surface area contributed by atoms with E-state index in [1.165, 1.54) is 38.5 Å². The van der Waals surface area contributed by atoms with Crippen molar-refractivity contribution in [3.63, 3.8) is 0 Å². The minimum atomic E-state index is -0.420. The number of carbonyl (C=O) groups excluding carboxylic acids is 1. The molecular formula is C17H30N2O2. The highest BCUT2D eigenvalue weighted by molar-refractivity contribution is 5.68. The number of hydrogen-bond acceptors (Lipinski definition) is 3. The molecule has 0 heterocycles. The van der Waals surface area contributed by atoms with Crippen molar-refractivity contribution < 1.29 is 9.53 Å². The highest BCUT2D eigenvalue weighted by Gasteiger charge is 2.43. The van der Waals surface area contributed by atoms with E-state index >= 15 is 0 Å². The molecule has 0 saturated heterocycles. The summed E-state index contributed by atoms with van der Waals surface area (Å²) in [5, 5.41) is 6.97. The maximum atomic E-state index is 12.0. The van der Waals surface area contributed by atoms with E-state index in [4.69, 9.17) is 4.74 Å². The number of ether oxygens (including phenoxy) is 1. The van der Waals surface area contributed by atoms with Gasteiger partial charge in [-0.1, -0.05) is 0 Å². The van der Waals surface area contributed by atoms with Crippen molar-refractivity contribution in [2.75, 3.05) is 0 Å². The zero-order chi connectivity index (χ0) is 15.0. The fraction of sp³-hybridized carbons (Fsp3) is 0.941. The van der Waals surface area contributed by atoms with Gasteiger partial charge in [-0.25, -0.2) is 4.79 Å². The Hall–Kier alpha value is -0.770. The molecule has 2 unspecified atom stereocenters. The van der Waals surface area contributed by atoms with Crippen LogP contribution in [0.5, 0.6) is 0 Å². The Balaban J connectivity index is 1.51. The van der Waals surface area contributed by atoms with Crippen LogP contribution in [0, 0.1) is 11.8 Å². The molecule has 120 valence electrons. The SMILES string of the molecule is CC(C)(C)OC(=O)NC1CCCC1NC(C1CC1)C1CC1. The number of alkyl carbamates (subject to hydrolysis) is 1. The largest absolute Gasteiger partial charge is 0.444 e. The highest BCUT2D eigenvalue weighted by Crippen LogP contribution is 2.45. The molecule has 0 aromatic rings. The Labute approximate surface area is 128 Å². The van der Waals surface area contributed by atoms with Gasteiger partial charge < -0.3 is 15.4 Å². The summed E-state index contributed by atoms with van der Waals surface area (Å²) in [6.07, 6.45) is 8.75. The molecule has 4 nitrogen and oxygen atoms in total. The highest BCUT2D eigenvalue weighted by atomic mass is 16.6. The Morgan fingerprint density at radius 2 is 1.57 bits per heavy atom. The molecule has 2 N–H and O–H groups in total. The van der Waals surface area contributed by atoms with Gasteiger partial charge in [-0.3, -0.25) is 0 Å². The zero-order valence-corrected chi connectivity index (χ0v) is 13.7. The van der Waals surface area contributed by atoms with Crippen LogP contribution in [-0.4, -0.2) is 29.8 Å². The molecule has 0 spiro atoms. The quantitative estimate of drug-likeness (QED) is 0.818. The van der Waals surface area contributed by atoms with Crippen LogP contribution in [0.15, 0.2) is 0 Å². The smallest absolute Gasteiger partial charge is 0.407 e. The molecule has 3 fully saturated rings. The number of nitrogens with one attached hydrogen (secondary N) is 2. The minimum Gasteiger partial charge on any atom is -0.444 e. The van der Waals surface area contributed by atoms with Crippen molar-refractivity contribution in [2.45, 2.75) is 89.4 Å². The molecule has 3 aliphatic carbocycles. The van der Waals surface area contributed by atoms with E-state index in [0.717, 1.165) is 18.3 Å². The average molecular weight is 294 g/mol. The topological polar surface area (TPSA) is 50.4 Å². The molecule has 0 bridgehead atoms. The Morgan fingerprint density at radius 1 is 1.00 bits per heavy atom. The summed E-state index contributed by atoms with van der Waals surface area (Å²) in [7, 11) is 0. The number of hydrogen-bond donors (Lipinski definition) is 2. The van der Waals surface area contributed by atoms with Gasteiger partial charge in [0.15, 0.2) is 0 Å². The molecule has 0 radical (unpaired) electrons. The van der Waals surface area contributed by atoms with E-state index in [1.54, 1.807) is 0 Å². The van der Waals surface area contributed by atoms with Gasteiger partial charge >= 0.3 is 6.09 Å². The van der Waals surface area contributed by atoms with Crippen LogP contribution in [-0.2, 0) is 4.74 Å². The van der Waals surface area contributed by atoms with Crippen LogP contribution in [0.3, 0.4) is 0 Å². The molecule has 0 aliphatic heterocycles. The lowest BCUT2D eigenvalue weighted by Gasteiger charge is -2.29. The first-order valence-electron chi connectivity index (χ1n) is 8.68. The molecule has 0 aromatic carbocycles. The van der Waals surface area contributed by atoms with Gasteiger partial charge in [-0.2, -0.15) is 0 Å².